The molecule has 0 aliphatic carbocycles. The number of thioether (sulfide) groups is 1. The van der Waals surface area contributed by atoms with E-state index in [2.05, 4.69) is 10.6 Å². The number of carbonyl (C=O) groups excluding carboxylic acids is 2. The largest absolute Gasteiger partial charge is 0.467 e. The van der Waals surface area contributed by atoms with Crippen molar-refractivity contribution in [3.8, 4) is 11.5 Å². The number of carbonyl (C=O) groups is 2. The third-order valence-electron chi connectivity index (χ3n) is 4.62. The second-order valence-corrected chi connectivity index (χ2v) is 8.05. The number of amides is 2. The minimum absolute atomic E-state index is 0.138. The summed E-state index contributed by atoms with van der Waals surface area (Å²) in [5.74, 6) is 1.92. The van der Waals surface area contributed by atoms with Gasteiger partial charge in [0.1, 0.15) is 17.3 Å². The highest BCUT2D eigenvalue weighted by molar-refractivity contribution is 8.00. The highest BCUT2D eigenvalue weighted by Gasteiger charge is 2.13. The summed E-state index contributed by atoms with van der Waals surface area (Å²) in [6.45, 7) is 0.332. The van der Waals surface area contributed by atoms with E-state index < -0.39 is 0 Å². The lowest BCUT2D eigenvalue weighted by molar-refractivity contribution is -0.118. The molecular formula is C26H22N2O4S. The molecule has 0 atom stereocenters. The maximum absolute atomic E-state index is 12.9. The predicted octanol–water partition coefficient (Wildman–Crippen LogP) is 5.73. The second-order valence-electron chi connectivity index (χ2n) is 7.03. The molecule has 2 amide bonds. The van der Waals surface area contributed by atoms with Crippen LogP contribution in [0, 0.1) is 0 Å². The van der Waals surface area contributed by atoms with Gasteiger partial charge in [-0.25, -0.2) is 0 Å². The Hall–Kier alpha value is -3.97. The molecule has 0 fully saturated rings. The van der Waals surface area contributed by atoms with Crippen molar-refractivity contribution in [2.75, 3.05) is 11.1 Å². The Bertz CT molecular complexity index is 1190. The van der Waals surface area contributed by atoms with Crippen molar-refractivity contribution in [1.82, 2.24) is 5.32 Å². The van der Waals surface area contributed by atoms with E-state index in [1.54, 1.807) is 54.8 Å². The third kappa shape index (κ3) is 6.51. The first-order valence-corrected chi connectivity index (χ1v) is 11.3. The van der Waals surface area contributed by atoms with Crippen LogP contribution in [0.25, 0.3) is 0 Å². The molecule has 33 heavy (non-hydrogen) atoms. The van der Waals surface area contributed by atoms with Gasteiger partial charge in [-0.15, -0.1) is 11.8 Å². The fraction of sp³-hybridized carbons (Fsp3) is 0.0769. The summed E-state index contributed by atoms with van der Waals surface area (Å²) < 4.78 is 11.0. The number of hydrogen-bond donors (Lipinski definition) is 2. The first kappa shape index (κ1) is 22.2. The van der Waals surface area contributed by atoms with E-state index in [0.717, 1.165) is 10.6 Å². The van der Waals surface area contributed by atoms with Crippen molar-refractivity contribution in [3.05, 3.63) is 109 Å². The van der Waals surface area contributed by atoms with Crippen molar-refractivity contribution in [2.45, 2.75) is 11.4 Å². The summed E-state index contributed by atoms with van der Waals surface area (Å²) in [5.41, 5.74) is 1.15. The van der Waals surface area contributed by atoms with Gasteiger partial charge in [0, 0.05) is 10.6 Å². The smallest absolute Gasteiger partial charge is 0.256 e. The molecule has 7 heteroatoms. The molecule has 0 spiro atoms. The number of furan rings is 1. The van der Waals surface area contributed by atoms with Crippen LogP contribution in [0.1, 0.15) is 16.1 Å². The number of ether oxygens (including phenoxy) is 1. The number of rotatable bonds is 9. The number of hydrogen-bond acceptors (Lipinski definition) is 5. The Kier molecular flexibility index (Phi) is 7.45. The molecule has 4 aromatic rings. The third-order valence-corrected chi connectivity index (χ3v) is 5.69. The molecule has 0 bridgehead atoms. The fourth-order valence-electron chi connectivity index (χ4n) is 3.00. The van der Waals surface area contributed by atoms with Crippen molar-refractivity contribution in [2.24, 2.45) is 0 Å². The zero-order valence-electron chi connectivity index (χ0n) is 17.7. The maximum Gasteiger partial charge on any atom is 0.256 e. The highest BCUT2D eigenvalue weighted by Crippen LogP contribution is 2.25. The lowest BCUT2D eigenvalue weighted by Crippen LogP contribution is -2.24. The Morgan fingerprint density at radius 2 is 1.55 bits per heavy atom. The van der Waals surface area contributed by atoms with E-state index in [1.165, 1.54) is 11.8 Å². The number of para-hydroxylation sites is 1. The van der Waals surface area contributed by atoms with Gasteiger partial charge in [-0.3, -0.25) is 9.59 Å². The van der Waals surface area contributed by atoms with E-state index in [-0.39, 0.29) is 17.6 Å². The van der Waals surface area contributed by atoms with Gasteiger partial charge in [0.25, 0.3) is 5.91 Å². The van der Waals surface area contributed by atoms with Gasteiger partial charge >= 0.3 is 0 Å². The molecular weight excluding hydrogens is 436 g/mol. The van der Waals surface area contributed by atoms with E-state index in [4.69, 9.17) is 9.15 Å². The van der Waals surface area contributed by atoms with Crippen LogP contribution >= 0.6 is 11.8 Å². The summed E-state index contributed by atoms with van der Waals surface area (Å²) in [7, 11) is 0. The van der Waals surface area contributed by atoms with E-state index in [9.17, 15) is 9.59 Å². The van der Waals surface area contributed by atoms with Crippen LogP contribution in [0.5, 0.6) is 11.5 Å². The lowest BCUT2D eigenvalue weighted by atomic mass is 10.2. The summed E-state index contributed by atoms with van der Waals surface area (Å²) in [4.78, 5) is 25.8. The van der Waals surface area contributed by atoms with E-state index >= 15 is 0 Å². The molecule has 4 rings (SSSR count). The highest BCUT2D eigenvalue weighted by atomic mass is 32.2. The van der Waals surface area contributed by atoms with E-state index in [1.807, 2.05) is 42.5 Å². The summed E-state index contributed by atoms with van der Waals surface area (Å²) in [5, 5.41) is 5.70. The van der Waals surface area contributed by atoms with Gasteiger partial charge in [0.2, 0.25) is 5.91 Å². The Labute approximate surface area is 196 Å². The molecule has 6 nitrogen and oxygen atoms in total. The topological polar surface area (TPSA) is 80.6 Å². The summed E-state index contributed by atoms with van der Waals surface area (Å²) in [6.07, 6.45) is 1.56. The summed E-state index contributed by atoms with van der Waals surface area (Å²) >= 11 is 1.31. The number of anilines is 1. The molecule has 3 aromatic carbocycles. The molecule has 1 heterocycles. The van der Waals surface area contributed by atoms with Gasteiger partial charge in [0.15, 0.2) is 0 Å². The van der Waals surface area contributed by atoms with Crippen molar-refractivity contribution < 1.29 is 18.7 Å². The van der Waals surface area contributed by atoms with Crippen LogP contribution in [-0.4, -0.2) is 17.6 Å². The van der Waals surface area contributed by atoms with Gasteiger partial charge < -0.3 is 19.8 Å². The Balaban J connectivity index is 1.33. The predicted molar refractivity (Wildman–Crippen MR) is 129 cm³/mol. The van der Waals surface area contributed by atoms with Gasteiger partial charge in [-0.05, 0) is 60.7 Å². The van der Waals surface area contributed by atoms with Crippen molar-refractivity contribution in [1.29, 1.82) is 0 Å². The lowest BCUT2D eigenvalue weighted by Gasteiger charge is -2.11. The van der Waals surface area contributed by atoms with Gasteiger partial charge in [-0.1, -0.05) is 30.3 Å². The minimum atomic E-state index is -0.245. The Morgan fingerprint density at radius 1 is 0.818 bits per heavy atom. The molecule has 2 N–H and O–H groups in total. The number of nitrogens with one attached hydrogen (secondary N) is 2. The molecule has 0 aliphatic rings. The minimum Gasteiger partial charge on any atom is -0.467 e. The maximum atomic E-state index is 12.9. The number of benzene rings is 3. The SMILES string of the molecule is O=C(CSc1ccccc1C(=O)Nc1ccc(Oc2ccccc2)cc1)NCc1ccco1. The van der Waals surface area contributed by atoms with Crippen molar-refractivity contribution >= 4 is 29.3 Å². The molecule has 0 saturated heterocycles. The zero-order chi connectivity index (χ0) is 22.9. The van der Waals surface area contributed by atoms with Crippen LogP contribution in [-0.2, 0) is 11.3 Å². The van der Waals surface area contributed by atoms with E-state index in [0.29, 0.717) is 29.3 Å². The summed E-state index contributed by atoms with van der Waals surface area (Å²) in [6, 6.07) is 27.4. The monoisotopic (exact) mass is 458 g/mol. The average Bonchev–Trinajstić information content (AvgIpc) is 3.37. The molecule has 166 valence electrons. The van der Waals surface area contributed by atoms with Crippen LogP contribution in [0.3, 0.4) is 0 Å². The average molecular weight is 459 g/mol. The normalized spacial score (nSPS) is 10.4. The quantitative estimate of drug-likeness (QED) is 0.313. The zero-order valence-corrected chi connectivity index (χ0v) is 18.5. The Morgan fingerprint density at radius 3 is 2.30 bits per heavy atom. The van der Waals surface area contributed by atoms with Crippen LogP contribution in [0.2, 0.25) is 0 Å². The molecule has 0 radical (unpaired) electrons. The van der Waals surface area contributed by atoms with Crippen LogP contribution in [0.4, 0.5) is 5.69 Å². The molecule has 0 saturated carbocycles. The van der Waals surface area contributed by atoms with Crippen LogP contribution < -0.4 is 15.4 Å². The fourth-order valence-corrected chi connectivity index (χ4v) is 3.88. The first-order valence-electron chi connectivity index (χ1n) is 10.3. The van der Waals surface area contributed by atoms with Crippen LogP contribution in [0.15, 0.2) is 107 Å². The van der Waals surface area contributed by atoms with Gasteiger partial charge in [-0.2, -0.15) is 0 Å². The van der Waals surface area contributed by atoms with Crippen molar-refractivity contribution in [3.63, 3.8) is 0 Å². The van der Waals surface area contributed by atoms with Gasteiger partial charge in [0.05, 0.1) is 24.1 Å². The standard InChI is InChI=1S/C26H22N2O4S/c29-25(27-17-22-9-6-16-31-22)18-33-24-11-5-4-10-23(24)26(30)28-19-12-14-21(15-13-19)32-20-7-2-1-3-8-20/h1-16H,17-18H2,(H,27,29)(H,28,30). The first-order chi connectivity index (χ1) is 16.2. The molecule has 0 unspecified atom stereocenters. The molecule has 0 aliphatic heterocycles. The molecule has 1 aromatic heterocycles. The second kappa shape index (κ2) is 11.1.